The lowest BCUT2D eigenvalue weighted by atomic mass is 10.1. The molecule has 0 saturated carbocycles. The zero-order chi connectivity index (χ0) is 15.4. The second kappa shape index (κ2) is 6.67. The molecule has 0 fully saturated rings. The van der Waals surface area contributed by atoms with Crippen LogP contribution in [-0.4, -0.2) is 4.92 Å². The molecular weight excluding hydrogens is 341 g/mol. The lowest BCUT2D eigenvalue weighted by Gasteiger charge is -2.09. The maximum Gasteiger partial charge on any atom is 0.311 e. The van der Waals surface area contributed by atoms with Crippen molar-refractivity contribution in [3.05, 3.63) is 67.9 Å². The SMILES string of the molecule is CCc1ccc(OCc2ccc(F)cc2Br)c([N+](=O)[O-])c1. The van der Waals surface area contributed by atoms with Crippen LogP contribution in [-0.2, 0) is 13.0 Å². The van der Waals surface area contributed by atoms with Gasteiger partial charge in [-0.1, -0.05) is 35.0 Å². The molecule has 0 heterocycles. The lowest BCUT2D eigenvalue weighted by molar-refractivity contribution is -0.386. The summed E-state index contributed by atoms with van der Waals surface area (Å²) < 4.78 is 19.1. The van der Waals surface area contributed by atoms with Gasteiger partial charge in [0, 0.05) is 16.1 Å². The molecule has 2 aromatic rings. The standard InChI is InChI=1S/C15H13BrFNO3/c1-2-10-3-6-15(14(7-10)18(19)20)21-9-11-4-5-12(17)8-13(11)16/h3-8H,2,9H2,1H3. The second-order valence-corrected chi connectivity index (χ2v) is 5.29. The van der Waals surface area contributed by atoms with Gasteiger partial charge in [0.05, 0.1) is 4.92 Å². The highest BCUT2D eigenvalue weighted by Crippen LogP contribution is 2.29. The Labute approximate surface area is 129 Å². The summed E-state index contributed by atoms with van der Waals surface area (Å²) in [5.41, 5.74) is 1.52. The van der Waals surface area contributed by atoms with Gasteiger partial charge in [-0.15, -0.1) is 0 Å². The van der Waals surface area contributed by atoms with E-state index in [2.05, 4.69) is 15.9 Å². The fourth-order valence-corrected chi connectivity index (χ4v) is 2.31. The highest BCUT2D eigenvalue weighted by atomic mass is 79.9. The number of hydrogen-bond acceptors (Lipinski definition) is 3. The zero-order valence-electron chi connectivity index (χ0n) is 11.3. The summed E-state index contributed by atoms with van der Waals surface area (Å²) >= 11 is 3.24. The van der Waals surface area contributed by atoms with E-state index in [9.17, 15) is 14.5 Å². The van der Waals surface area contributed by atoms with Gasteiger partial charge < -0.3 is 4.74 Å². The average Bonchev–Trinajstić information content (AvgIpc) is 2.46. The van der Waals surface area contributed by atoms with Crippen LogP contribution in [0.2, 0.25) is 0 Å². The second-order valence-electron chi connectivity index (χ2n) is 4.44. The molecule has 0 atom stereocenters. The van der Waals surface area contributed by atoms with Gasteiger partial charge in [-0.2, -0.15) is 0 Å². The molecule has 110 valence electrons. The van der Waals surface area contributed by atoms with E-state index in [0.29, 0.717) is 16.5 Å². The molecule has 0 aliphatic rings. The van der Waals surface area contributed by atoms with Crippen molar-refractivity contribution >= 4 is 21.6 Å². The molecular formula is C15H13BrFNO3. The van der Waals surface area contributed by atoms with Crippen molar-refractivity contribution in [3.63, 3.8) is 0 Å². The molecule has 6 heteroatoms. The minimum Gasteiger partial charge on any atom is -0.482 e. The van der Waals surface area contributed by atoms with Gasteiger partial charge in [0.2, 0.25) is 0 Å². The molecule has 0 spiro atoms. The van der Waals surface area contributed by atoms with Crippen LogP contribution < -0.4 is 4.74 Å². The third-order valence-electron chi connectivity index (χ3n) is 3.03. The minimum atomic E-state index is -0.464. The van der Waals surface area contributed by atoms with Crippen LogP contribution >= 0.6 is 15.9 Å². The smallest absolute Gasteiger partial charge is 0.311 e. The van der Waals surface area contributed by atoms with Gasteiger partial charge in [-0.05, 0) is 30.2 Å². The number of nitrogens with zero attached hydrogens (tertiary/aromatic N) is 1. The van der Waals surface area contributed by atoms with E-state index in [1.807, 2.05) is 6.92 Å². The van der Waals surface area contributed by atoms with Crippen LogP contribution in [0.15, 0.2) is 40.9 Å². The van der Waals surface area contributed by atoms with Crippen molar-refractivity contribution in [2.75, 3.05) is 0 Å². The van der Waals surface area contributed by atoms with Crippen molar-refractivity contribution in [3.8, 4) is 5.75 Å². The monoisotopic (exact) mass is 353 g/mol. The molecule has 0 amide bonds. The van der Waals surface area contributed by atoms with Crippen molar-refractivity contribution in [2.45, 2.75) is 20.0 Å². The Hall–Kier alpha value is -1.95. The molecule has 0 aliphatic heterocycles. The lowest BCUT2D eigenvalue weighted by Crippen LogP contribution is -2.00. The predicted molar refractivity (Wildman–Crippen MR) is 80.9 cm³/mol. The summed E-state index contributed by atoms with van der Waals surface area (Å²) in [6.07, 6.45) is 0.713. The van der Waals surface area contributed by atoms with Gasteiger partial charge in [-0.3, -0.25) is 10.1 Å². The van der Waals surface area contributed by atoms with E-state index in [0.717, 1.165) is 5.56 Å². The molecule has 0 unspecified atom stereocenters. The van der Waals surface area contributed by atoms with E-state index in [-0.39, 0.29) is 23.9 Å². The van der Waals surface area contributed by atoms with E-state index in [1.54, 1.807) is 18.2 Å². The molecule has 21 heavy (non-hydrogen) atoms. The molecule has 0 aromatic heterocycles. The number of aryl methyl sites for hydroxylation is 1. The molecule has 2 rings (SSSR count). The number of benzene rings is 2. The number of nitro benzene ring substituents is 1. The normalized spacial score (nSPS) is 10.4. The van der Waals surface area contributed by atoms with Gasteiger partial charge in [0.15, 0.2) is 5.75 Å². The fraction of sp³-hybridized carbons (Fsp3) is 0.200. The molecule has 2 aromatic carbocycles. The summed E-state index contributed by atoms with van der Waals surface area (Å²) in [5, 5.41) is 11.1. The molecule has 0 radical (unpaired) electrons. The van der Waals surface area contributed by atoms with Gasteiger partial charge >= 0.3 is 5.69 Å². The summed E-state index contributed by atoms with van der Waals surface area (Å²) in [6, 6.07) is 9.11. The van der Waals surface area contributed by atoms with Crippen molar-refractivity contribution in [1.82, 2.24) is 0 Å². The zero-order valence-corrected chi connectivity index (χ0v) is 12.9. The maximum absolute atomic E-state index is 13.0. The van der Waals surface area contributed by atoms with Crippen molar-refractivity contribution in [2.24, 2.45) is 0 Å². The number of hydrogen-bond donors (Lipinski definition) is 0. The number of rotatable bonds is 5. The first-order chi connectivity index (χ1) is 10.0. The van der Waals surface area contributed by atoms with Crippen LogP contribution in [0.5, 0.6) is 5.75 Å². The summed E-state index contributed by atoms with van der Waals surface area (Å²) in [6.45, 7) is 2.04. The van der Waals surface area contributed by atoms with Crippen LogP contribution in [0.3, 0.4) is 0 Å². The Balaban J connectivity index is 2.21. The van der Waals surface area contributed by atoms with E-state index in [1.165, 1.54) is 18.2 Å². The Bertz CT molecular complexity index is 676. The van der Waals surface area contributed by atoms with E-state index >= 15 is 0 Å². The third-order valence-corrected chi connectivity index (χ3v) is 3.76. The van der Waals surface area contributed by atoms with Gasteiger partial charge in [0.25, 0.3) is 0 Å². The predicted octanol–water partition coefficient (Wildman–Crippen LogP) is 4.64. The molecule has 0 saturated heterocycles. The highest BCUT2D eigenvalue weighted by molar-refractivity contribution is 9.10. The Morgan fingerprint density at radius 2 is 2.05 bits per heavy atom. The molecule has 0 N–H and O–H groups in total. The van der Waals surface area contributed by atoms with Crippen LogP contribution in [0.1, 0.15) is 18.1 Å². The minimum absolute atomic E-state index is 0.0624. The Kier molecular flexibility index (Phi) is 4.90. The van der Waals surface area contributed by atoms with E-state index < -0.39 is 4.92 Å². The quantitative estimate of drug-likeness (QED) is 0.581. The average molecular weight is 354 g/mol. The summed E-state index contributed by atoms with van der Waals surface area (Å²) in [4.78, 5) is 10.6. The van der Waals surface area contributed by atoms with Crippen LogP contribution in [0.4, 0.5) is 10.1 Å². The maximum atomic E-state index is 13.0. The van der Waals surface area contributed by atoms with Crippen LogP contribution in [0.25, 0.3) is 0 Å². The molecule has 0 aliphatic carbocycles. The number of halogens is 2. The van der Waals surface area contributed by atoms with Gasteiger partial charge in [0.1, 0.15) is 12.4 Å². The summed E-state index contributed by atoms with van der Waals surface area (Å²) in [5.74, 6) is -0.155. The largest absolute Gasteiger partial charge is 0.482 e. The Morgan fingerprint density at radius 1 is 1.29 bits per heavy atom. The topological polar surface area (TPSA) is 52.4 Å². The first-order valence-corrected chi connectivity index (χ1v) is 7.14. The fourth-order valence-electron chi connectivity index (χ4n) is 1.84. The van der Waals surface area contributed by atoms with E-state index in [4.69, 9.17) is 4.74 Å². The van der Waals surface area contributed by atoms with Crippen molar-refractivity contribution < 1.29 is 14.1 Å². The molecule has 0 bridgehead atoms. The van der Waals surface area contributed by atoms with Gasteiger partial charge in [-0.25, -0.2) is 4.39 Å². The summed E-state index contributed by atoms with van der Waals surface area (Å²) in [7, 11) is 0. The number of ether oxygens (including phenoxy) is 1. The van der Waals surface area contributed by atoms with Crippen molar-refractivity contribution in [1.29, 1.82) is 0 Å². The molecule has 4 nitrogen and oxygen atoms in total. The van der Waals surface area contributed by atoms with Crippen LogP contribution in [0, 0.1) is 15.9 Å². The Morgan fingerprint density at radius 3 is 2.67 bits per heavy atom. The first-order valence-electron chi connectivity index (χ1n) is 6.35. The first kappa shape index (κ1) is 15.4. The third kappa shape index (κ3) is 3.78. The number of nitro groups is 1. The highest BCUT2D eigenvalue weighted by Gasteiger charge is 2.16.